The summed E-state index contributed by atoms with van der Waals surface area (Å²) in [5, 5.41) is 3.65. The van der Waals surface area contributed by atoms with E-state index < -0.39 is 0 Å². The molecule has 2 fully saturated rings. The van der Waals surface area contributed by atoms with Crippen LogP contribution >= 0.6 is 0 Å². The van der Waals surface area contributed by atoms with E-state index in [1.54, 1.807) is 0 Å². The summed E-state index contributed by atoms with van der Waals surface area (Å²) in [5.74, 6) is 1.85. The summed E-state index contributed by atoms with van der Waals surface area (Å²) in [6.45, 7) is 7.49. The molecule has 1 N–H and O–H groups in total. The summed E-state index contributed by atoms with van der Waals surface area (Å²) in [5.41, 5.74) is 2.09. The van der Waals surface area contributed by atoms with E-state index in [4.69, 9.17) is 0 Å². The summed E-state index contributed by atoms with van der Waals surface area (Å²) in [6, 6.07) is 0.731. The Morgan fingerprint density at radius 2 is 2.17 bits per heavy atom. The smallest absolute Gasteiger partial charge is 0.147 e. The van der Waals surface area contributed by atoms with Gasteiger partial charge in [0.25, 0.3) is 0 Å². The van der Waals surface area contributed by atoms with Gasteiger partial charge >= 0.3 is 0 Å². The van der Waals surface area contributed by atoms with Crippen molar-refractivity contribution < 1.29 is 0 Å². The quantitative estimate of drug-likeness (QED) is 0.818. The number of hydrogen-bond acceptors (Lipinski definition) is 4. The molecule has 0 aliphatic carbocycles. The Morgan fingerprint density at radius 3 is 3.00 bits per heavy atom. The number of nitrogens with one attached hydrogen (secondary N) is 1. The van der Waals surface area contributed by atoms with Crippen molar-refractivity contribution in [1.29, 1.82) is 0 Å². The van der Waals surface area contributed by atoms with Crippen molar-refractivity contribution in [2.75, 3.05) is 24.5 Å². The molecule has 0 radical (unpaired) electrons. The van der Waals surface area contributed by atoms with E-state index >= 15 is 0 Å². The van der Waals surface area contributed by atoms with E-state index in [0.29, 0.717) is 0 Å². The predicted molar refractivity (Wildman–Crippen MR) is 72.9 cm³/mol. The normalized spacial score (nSPS) is 28.0. The number of anilines is 1. The highest BCUT2D eigenvalue weighted by Crippen LogP contribution is 2.27. The van der Waals surface area contributed by atoms with Gasteiger partial charge in [-0.15, -0.1) is 0 Å². The largest absolute Gasteiger partial charge is 0.355 e. The third-order valence-electron chi connectivity index (χ3n) is 4.40. The Labute approximate surface area is 109 Å². The first kappa shape index (κ1) is 11.9. The molecule has 2 saturated heterocycles. The molecule has 4 heteroatoms. The topological polar surface area (TPSA) is 41.1 Å². The van der Waals surface area contributed by atoms with Crippen LogP contribution < -0.4 is 10.2 Å². The van der Waals surface area contributed by atoms with E-state index in [0.717, 1.165) is 42.3 Å². The summed E-state index contributed by atoms with van der Waals surface area (Å²) in [6.07, 6.45) is 5.83. The minimum Gasteiger partial charge on any atom is -0.355 e. The second-order valence-electron chi connectivity index (χ2n) is 5.60. The summed E-state index contributed by atoms with van der Waals surface area (Å²) in [7, 11) is 0. The van der Waals surface area contributed by atoms with Crippen LogP contribution in [-0.2, 0) is 0 Å². The van der Waals surface area contributed by atoms with E-state index in [1.165, 1.54) is 25.8 Å². The molecule has 2 aliphatic rings. The summed E-state index contributed by atoms with van der Waals surface area (Å²) >= 11 is 0. The van der Waals surface area contributed by atoms with E-state index in [9.17, 15) is 0 Å². The van der Waals surface area contributed by atoms with Crippen LogP contribution in [-0.4, -0.2) is 35.6 Å². The van der Waals surface area contributed by atoms with E-state index in [-0.39, 0.29) is 0 Å². The monoisotopic (exact) mass is 246 g/mol. The van der Waals surface area contributed by atoms with Crippen LogP contribution in [0.1, 0.15) is 30.7 Å². The highest BCUT2D eigenvalue weighted by atomic mass is 15.2. The molecule has 3 rings (SSSR count). The van der Waals surface area contributed by atoms with Crippen LogP contribution in [0.4, 0.5) is 5.82 Å². The number of aromatic nitrogens is 2. The van der Waals surface area contributed by atoms with Gasteiger partial charge in [-0.1, -0.05) is 0 Å². The van der Waals surface area contributed by atoms with Crippen LogP contribution in [0.5, 0.6) is 0 Å². The molecule has 3 heterocycles. The van der Waals surface area contributed by atoms with Gasteiger partial charge in [-0.3, -0.25) is 4.98 Å². The van der Waals surface area contributed by atoms with E-state index in [1.807, 2.05) is 20.0 Å². The van der Waals surface area contributed by atoms with Gasteiger partial charge in [-0.25, -0.2) is 4.98 Å². The van der Waals surface area contributed by atoms with Crippen LogP contribution in [0.15, 0.2) is 6.20 Å². The second kappa shape index (κ2) is 4.84. The average molecular weight is 246 g/mol. The summed E-state index contributed by atoms with van der Waals surface area (Å²) < 4.78 is 0. The maximum absolute atomic E-state index is 4.68. The molecule has 0 bridgehead atoms. The van der Waals surface area contributed by atoms with Crippen LogP contribution in [0.3, 0.4) is 0 Å². The molecular weight excluding hydrogens is 224 g/mol. The third kappa shape index (κ3) is 2.21. The van der Waals surface area contributed by atoms with E-state index in [2.05, 4.69) is 20.2 Å². The molecule has 2 atom stereocenters. The lowest BCUT2D eigenvalue weighted by atomic mass is 9.85. The molecular formula is C14H22N4. The highest BCUT2D eigenvalue weighted by molar-refractivity contribution is 5.38. The van der Waals surface area contributed by atoms with Gasteiger partial charge in [0.2, 0.25) is 0 Å². The Kier molecular flexibility index (Phi) is 3.20. The second-order valence-corrected chi connectivity index (χ2v) is 5.60. The first-order valence-electron chi connectivity index (χ1n) is 7.02. The van der Waals surface area contributed by atoms with Gasteiger partial charge in [-0.2, -0.15) is 0 Å². The first-order valence-corrected chi connectivity index (χ1v) is 7.02. The zero-order valence-electron chi connectivity index (χ0n) is 11.3. The molecule has 18 heavy (non-hydrogen) atoms. The molecule has 2 unspecified atom stereocenters. The SMILES string of the molecule is Cc1ncc(N2CCC3NCCCC3C2)nc1C. The average Bonchev–Trinajstić information content (AvgIpc) is 2.41. The Balaban J connectivity index is 1.75. The Hall–Kier alpha value is -1.16. The first-order chi connectivity index (χ1) is 8.74. The number of aryl methyl sites for hydroxylation is 2. The Morgan fingerprint density at radius 1 is 1.28 bits per heavy atom. The van der Waals surface area contributed by atoms with Crippen molar-refractivity contribution >= 4 is 5.82 Å². The lowest BCUT2D eigenvalue weighted by Gasteiger charge is -2.42. The van der Waals surface area contributed by atoms with Crippen molar-refractivity contribution in [3.05, 3.63) is 17.6 Å². The molecule has 0 spiro atoms. The van der Waals surface area contributed by atoms with Crippen molar-refractivity contribution in [3.8, 4) is 0 Å². The Bertz CT molecular complexity index is 432. The molecule has 4 nitrogen and oxygen atoms in total. The van der Waals surface area contributed by atoms with Crippen LogP contribution in [0.2, 0.25) is 0 Å². The minimum atomic E-state index is 0.731. The van der Waals surface area contributed by atoms with Gasteiger partial charge in [0.15, 0.2) is 0 Å². The van der Waals surface area contributed by atoms with Crippen LogP contribution in [0, 0.1) is 19.8 Å². The van der Waals surface area contributed by atoms with Gasteiger partial charge in [0.1, 0.15) is 5.82 Å². The molecule has 98 valence electrons. The lowest BCUT2D eigenvalue weighted by Crippen LogP contribution is -2.52. The standard InChI is InChI=1S/C14H22N4/c1-10-11(2)17-14(8-16-10)18-7-5-13-12(9-18)4-3-6-15-13/h8,12-13,15H,3-7,9H2,1-2H3. The minimum absolute atomic E-state index is 0.731. The number of rotatable bonds is 1. The molecule has 0 aromatic carbocycles. The zero-order valence-corrected chi connectivity index (χ0v) is 11.3. The predicted octanol–water partition coefficient (Wildman–Crippen LogP) is 1.67. The van der Waals surface area contributed by atoms with Gasteiger partial charge in [0, 0.05) is 19.1 Å². The van der Waals surface area contributed by atoms with Crippen molar-refractivity contribution in [3.63, 3.8) is 0 Å². The number of hydrogen-bond donors (Lipinski definition) is 1. The van der Waals surface area contributed by atoms with Crippen molar-refractivity contribution in [2.24, 2.45) is 5.92 Å². The summed E-state index contributed by atoms with van der Waals surface area (Å²) in [4.78, 5) is 11.5. The third-order valence-corrected chi connectivity index (χ3v) is 4.40. The molecule has 1 aromatic heterocycles. The molecule has 1 aromatic rings. The maximum atomic E-state index is 4.68. The fourth-order valence-electron chi connectivity index (χ4n) is 3.14. The van der Waals surface area contributed by atoms with Crippen molar-refractivity contribution in [1.82, 2.24) is 15.3 Å². The van der Waals surface area contributed by atoms with Gasteiger partial charge < -0.3 is 10.2 Å². The van der Waals surface area contributed by atoms with Crippen molar-refractivity contribution in [2.45, 2.75) is 39.2 Å². The van der Waals surface area contributed by atoms with Gasteiger partial charge in [0.05, 0.1) is 17.6 Å². The zero-order chi connectivity index (χ0) is 12.5. The highest BCUT2D eigenvalue weighted by Gasteiger charge is 2.31. The fraction of sp³-hybridized carbons (Fsp3) is 0.714. The number of nitrogens with zero attached hydrogens (tertiary/aromatic N) is 3. The molecule has 0 amide bonds. The maximum Gasteiger partial charge on any atom is 0.147 e. The van der Waals surface area contributed by atoms with Gasteiger partial charge in [-0.05, 0) is 45.6 Å². The fourth-order valence-corrected chi connectivity index (χ4v) is 3.14. The number of piperidine rings is 2. The number of fused-ring (bicyclic) bond motifs is 1. The molecule has 2 aliphatic heterocycles. The van der Waals surface area contributed by atoms with Crippen LogP contribution in [0.25, 0.3) is 0 Å². The molecule has 0 saturated carbocycles. The lowest BCUT2D eigenvalue weighted by molar-refractivity contribution is 0.244.